The summed E-state index contributed by atoms with van der Waals surface area (Å²) >= 11 is 0. The summed E-state index contributed by atoms with van der Waals surface area (Å²) in [5.74, 6) is 3.46. The van der Waals surface area contributed by atoms with Crippen molar-refractivity contribution in [1.82, 2.24) is 24.6 Å². The van der Waals surface area contributed by atoms with Crippen LogP contribution < -0.4 is 0 Å². The van der Waals surface area contributed by atoms with Crippen LogP contribution in [0.1, 0.15) is 81.8 Å². The molecule has 0 spiro atoms. The highest BCUT2D eigenvalue weighted by molar-refractivity contribution is 5.76. The zero-order valence-electron chi connectivity index (χ0n) is 16.9. The Kier molecular flexibility index (Phi) is 6.11. The van der Waals surface area contributed by atoms with Gasteiger partial charge in [-0.15, -0.1) is 10.2 Å². The highest BCUT2D eigenvalue weighted by atomic mass is 16.2. The van der Waals surface area contributed by atoms with Gasteiger partial charge >= 0.3 is 0 Å². The zero-order chi connectivity index (χ0) is 18.6. The predicted octanol–water partition coefficient (Wildman–Crippen LogP) is 3.09. The summed E-state index contributed by atoms with van der Waals surface area (Å²) < 4.78 is 2.20. The number of carbonyl (C=O) groups is 1. The Morgan fingerprint density at radius 1 is 0.963 bits per heavy atom. The first kappa shape index (κ1) is 18.9. The summed E-state index contributed by atoms with van der Waals surface area (Å²) in [6.45, 7) is 4.99. The molecule has 6 nitrogen and oxygen atoms in total. The number of piperidine rings is 2. The average Bonchev–Trinajstić information content (AvgIpc) is 3.33. The Labute approximate surface area is 163 Å². The van der Waals surface area contributed by atoms with Crippen molar-refractivity contribution in [1.29, 1.82) is 0 Å². The highest BCUT2D eigenvalue weighted by Gasteiger charge is 2.30. The van der Waals surface area contributed by atoms with E-state index in [9.17, 15) is 4.79 Å². The molecule has 0 radical (unpaired) electrons. The first-order valence-electron chi connectivity index (χ1n) is 11.1. The van der Waals surface area contributed by atoms with Gasteiger partial charge in [0.1, 0.15) is 11.6 Å². The van der Waals surface area contributed by atoms with E-state index in [0.717, 1.165) is 50.5 Å². The molecule has 3 fully saturated rings. The lowest BCUT2D eigenvalue weighted by atomic mass is 9.95. The van der Waals surface area contributed by atoms with E-state index in [1.54, 1.807) is 0 Å². The summed E-state index contributed by atoms with van der Waals surface area (Å²) in [7, 11) is 2.11. The molecular formula is C21H35N5O. The molecule has 1 atom stereocenters. The Hall–Kier alpha value is -1.43. The monoisotopic (exact) mass is 373 g/mol. The maximum Gasteiger partial charge on any atom is 0.222 e. The molecule has 0 aromatic carbocycles. The topological polar surface area (TPSA) is 54.3 Å². The number of amides is 1. The largest absolute Gasteiger partial charge is 0.342 e. The molecule has 2 aliphatic heterocycles. The molecule has 0 bridgehead atoms. The molecule has 3 heterocycles. The second-order valence-corrected chi connectivity index (χ2v) is 8.90. The SMILES string of the molecule is Cn1c(CN2CCCCC2)nnc1[C@@H]1CCCN(C(=O)CC2CCCC2)C1. The van der Waals surface area contributed by atoms with Crippen LogP contribution in [0.3, 0.4) is 0 Å². The molecule has 0 N–H and O–H groups in total. The van der Waals surface area contributed by atoms with Crippen molar-refractivity contribution in [2.45, 2.75) is 76.7 Å². The van der Waals surface area contributed by atoms with Gasteiger partial charge in [0.25, 0.3) is 0 Å². The molecule has 1 aliphatic carbocycles. The van der Waals surface area contributed by atoms with Crippen LogP contribution in [0.5, 0.6) is 0 Å². The molecule has 3 aliphatic rings. The fourth-order valence-electron chi connectivity index (χ4n) is 5.19. The number of rotatable bonds is 5. The molecule has 1 aromatic rings. The normalized spacial score (nSPS) is 25.2. The van der Waals surface area contributed by atoms with Crippen LogP contribution in [-0.2, 0) is 18.4 Å². The van der Waals surface area contributed by atoms with Gasteiger partial charge in [-0.1, -0.05) is 19.3 Å². The zero-order valence-corrected chi connectivity index (χ0v) is 16.9. The van der Waals surface area contributed by atoms with Gasteiger partial charge in [-0.2, -0.15) is 0 Å². The van der Waals surface area contributed by atoms with E-state index in [-0.39, 0.29) is 0 Å². The summed E-state index contributed by atoms with van der Waals surface area (Å²) in [6.07, 6.45) is 12.0. The molecule has 1 aromatic heterocycles. The summed E-state index contributed by atoms with van der Waals surface area (Å²) in [6, 6.07) is 0. The number of hydrogen-bond acceptors (Lipinski definition) is 4. The third-order valence-corrected chi connectivity index (χ3v) is 6.89. The summed E-state index contributed by atoms with van der Waals surface area (Å²) in [4.78, 5) is 17.4. The molecule has 1 amide bonds. The van der Waals surface area contributed by atoms with Crippen molar-refractivity contribution in [2.24, 2.45) is 13.0 Å². The Morgan fingerprint density at radius 2 is 1.74 bits per heavy atom. The van der Waals surface area contributed by atoms with Crippen LogP contribution >= 0.6 is 0 Å². The van der Waals surface area contributed by atoms with Crippen molar-refractivity contribution in [2.75, 3.05) is 26.2 Å². The fraction of sp³-hybridized carbons (Fsp3) is 0.857. The van der Waals surface area contributed by atoms with Crippen molar-refractivity contribution in [3.63, 3.8) is 0 Å². The van der Waals surface area contributed by atoms with E-state index < -0.39 is 0 Å². The van der Waals surface area contributed by atoms with Crippen LogP contribution in [-0.4, -0.2) is 56.7 Å². The lowest BCUT2D eigenvalue weighted by Gasteiger charge is -2.33. The number of aromatic nitrogens is 3. The number of nitrogens with zero attached hydrogens (tertiary/aromatic N) is 5. The van der Waals surface area contributed by atoms with Gasteiger partial charge in [0, 0.05) is 32.5 Å². The molecule has 27 heavy (non-hydrogen) atoms. The van der Waals surface area contributed by atoms with E-state index in [4.69, 9.17) is 0 Å². The number of likely N-dealkylation sites (tertiary alicyclic amines) is 2. The molecule has 4 rings (SSSR count). The Balaban J connectivity index is 1.36. The Morgan fingerprint density at radius 3 is 2.52 bits per heavy atom. The molecular weight excluding hydrogens is 338 g/mol. The molecule has 150 valence electrons. The van der Waals surface area contributed by atoms with Gasteiger partial charge in [0.05, 0.1) is 6.54 Å². The van der Waals surface area contributed by atoms with Crippen LogP contribution in [0.2, 0.25) is 0 Å². The molecule has 6 heteroatoms. The lowest BCUT2D eigenvalue weighted by molar-refractivity contribution is -0.133. The Bertz CT molecular complexity index is 631. The summed E-state index contributed by atoms with van der Waals surface area (Å²) in [5.41, 5.74) is 0. The number of carbonyl (C=O) groups excluding carboxylic acids is 1. The van der Waals surface area contributed by atoms with Gasteiger partial charge in [-0.05, 0) is 57.5 Å². The standard InChI is InChI=1S/C21H35N5O/c1-24-19(16-25-11-5-2-6-12-25)22-23-21(24)18-10-7-13-26(15-18)20(27)14-17-8-3-4-9-17/h17-18H,2-16H2,1H3/t18-/m1/s1. The van der Waals surface area contributed by atoms with Crippen LogP contribution in [0.15, 0.2) is 0 Å². The molecule has 0 unspecified atom stereocenters. The first-order chi connectivity index (χ1) is 13.2. The minimum atomic E-state index is 0.332. The van der Waals surface area contributed by atoms with Gasteiger partial charge in [0.15, 0.2) is 0 Å². The minimum Gasteiger partial charge on any atom is -0.342 e. The molecule has 2 saturated heterocycles. The van der Waals surface area contributed by atoms with Crippen molar-refractivity contribution >= 4 is 5.91 Å². The first-order valence-corrected chi connectivity index (χ1v) is 11.1. The van der Waals surface area contributed by atoms with Gasteiger partial charge in [-0.3, -0.25) is 9.69 Å². The number of hydrogen-bond donors (Lipinski definition) is 0. The van der Waals surface area contributed by atoms with Gasteiger partial charge < -0.3 is 9.47 Å². The van der Waals surface area contributed by atoms with Crippen LogP contribution in [0, 0.1) is 5.92 Å². The van der Waals surface area contributed by atoms with E-state index in [1.165, 1.54) is 58.0 Å². The lowest BCUT2D eigenvalue weighted by Crippen LogP contribution is -2.40. The van der Waals surface area contributed by atoms with E-state index in [1.807, 2.05) is 0 Å². The van der Waals surface area contributed by atoms with Crippen molar-refractivity contribution in [3.8, 4) is 0 Å². The average molecular weight is 374 g/mol. The van der Waals surface area contributed by atoms with E-state index >= 15 is 0 Å². The highest BCUT2D eigenvalue weighted by Crippen LogP contribution is 2.30. The van der Waals surface area contributed by atoms with Crippen LogP contribution in [0.25, 0.3) is 0 Å². The smallest absolute Gasteiger partial charge is 0.222 e. The van der Waals surface area contributed by atoms with Gasteiger partial charge in [-0.25, -0.2) is 0 Å². The van der Waals surface area contributed by atoms with Crippen molar-refractivity contribution in [3.05, 3.63) is 11.6 Å². The van der Waals surface area contributed by atoms with Gasteiger partial charge in [0.2, 0.25) is 5.91 Å². The maximum atomic E-state index is 12.8. The molecule has 1 saturated carbocycles. The summed E-state index contributed by atoms with van der Waals surface area (Å²) in [5, 5.41) is 9.06. The van der Waals surface area contributed by atoms with E-state index in [2.05, 4.69) is 31.6 Å². The third-order valence-electron chi connectivity index (χ3n) is 6.89. The van der Waals surface area contributed by atoms with Crippen LogP contribution in [0.4, 0.5) is 0 Å². The van der Waals surface area contributed by atoms with E-state index in [0.29, 0.717) is 17.7 Å². The quantitative estimate of drug-likeness (QED) is 0.796. The fourth-order valence-corrected chi connectivity index (χ4v) is 5.19. The predicted molar refractivity (Wildman–Crippen MR) is 105 cm³/mol. The third kappa shape index (κ3) is 4.53. The second kappa shape index (κ2) is 8.72. The second-order valence-electron chi connectivity index (χ2n) is 8.90. The maximum absolute atomic E-state index is 12.8. The minimum absolute atomic E-state index is 0.332. The van der Waals surface area contributed by atoms with Crippen molar-refractivity contribution < 1.29 is 4.79 Å².